The highest BCUT2D eigenvalue weighted by Gasteiger charge is 2.37. The Kier molecular flexibility index (Phi) is 11.7. The van der Waals surface area contributed by atoms with Crippen molar-refractivity contribution >= 4 is 91.4 Å². The molecule has 4 rings (SSSR count). The van der Waals surface area contributed by atoms with Crippen LogP contribution in [0.2, 0.25) is 0 Å². The van der Waals surface area contributed by atoms with Gasteiger partial charge in [0, 0.05) is 20.7 Å². The van der Waals surface area contributed by atoms with Gasteiger partial charge < -0.3 is 15.4 Å². The molecule has 0 saturated heterocycles. The number of carbonyl (C=O) groups excluding carboxylic acids is 3. The van der Waals surface area contributed by atoms with Gasteiger partial charge in [0.1, 0.15) is 11.3 Å². The Hall–Kier alpha value is -2.65. The van der Waals surface area contributed by atoms with Gasteiger partial charge in [-0.1, -0.05) is 91.0 Å². The van der Waals surface area contributed by atoms with Crippen molar-refractivity contribution in [2.24, 2.45) is 4.99 Å². The number of hydrogen-bond acceptors (Lipinski definition) is 5. The molecule has 4 aromatic carbocycles. The Morgan fingerprint density at radius 2 is 1.31 bits per heavy atom. The average molecular weight is 897 g/mol. The van der Waals surface area contributed by atoms with Crippen LogP contribution in [0.5, 0.6) is 0 Å². The molecule has 0 unspecified atom stereocenters. The second-order valence-electron chi connectivity index (χ2n) is 9.08. The largest absolute Gasteiger partial charge is 0.359 e. The fraction of sp³-hybridized carbons (Fsp3) is 0.156. The molecule has 0 aliphatic carbocycles. The second kappa shape index (κ2) is 15.2. The van der Waals surface area contributed by atoms with Gasteiger partial charge in [-0.05, 0) is 90.0 Å². The first-order valence-corrected chi connectivity index (χ1v) is 16.1. The quantitative estimate of drug-likeness (QED) is 0.0592. The first-order chi connectivity index (χ1) is 20.3. The maximum atomic E-state index is 13.2. The van der Waals surface area contributed by atoms with Crippen LogP contribution in [0.1, 0.15) is 32.6 Å². The highest BCUT2D eigenvalue weighted by atomic mass is 127. The third-order valence-corrected chi connectivity index (χ3v) is 10.0. The minimum absolute atomic E-state index is 0.0000365. The standard InChI is InChI=1S/C32H26I3N3O4/c1-36-31(41)26-27(33)24(28(34)30(29(26)35)38-20-39)19-25(40)37-17-18-42-32(21-11-5-2-6-12-21,22-13-7-3-8-14-22)23-15-9-4-10-16-23/h2-16H,17-19H2,1H3,(H,36,41)(H,37,40). The van der Waals surface area contributed by atoms with Crippen LogP contribution in [0, 0.1) is 10.7 Å². The molecule has 0 aliphatic rings. The maximum absolute atomic E-state index is 13.2. The average Bonchev–Trinajstić information content (AvgIpc) is 3.03. The lowest BCUT2D eigenvalue weighted by Crippen LogP contribution is -2.37. The Morgan fingerprint density at radius 3 is 1.76 bits per heavy atom. The Bertz CT molecular complexity index is 1510. The molecule has 0 atom stereocenters. The van der Waals surface area contributed by atoms with Crippen molar-refractivity contribution in [2.45, 2.75) is 12.0 Å². The molecule has 0 saturated carbocycles. The molecule has 0 spiro atoms. The van der Waals surface area contributed by atoms with Crippen molar-refractivity contribution in [3.8, 4) is 0 Å². The number of nitrogens with zero attached hydrogens (tertiary/aromatic N) is 1. The van der Waals surface area contributed by atoms with E-state index in [-0.39, 0.29) is 31.4 Å². The molecule has 4 aromatic rings. The summed E-state index contributed by atoms with van der Waals surface area (Å²) in [7, 11) is 1.53. The molecule has 42 heavy (non-hydrogen) atoms. The lowest BCUT2D eigenvalue weighted by atomic mass is 9.80. The lowest BCUT2D eigenvalue weighted by molar-refractivity contribution is -0.120. The minimum Gasteiger partial charge on any atom is -0.359 e. The predicted octanol–water partition coefficient (Wildman–Crippen LogP) is 6.49. The highest BCUT2D eigenvalue weighted by molar-refractivity contribution is 14.1. The molecule has 2 amide bonds. The Labute approximate surface area is 285 Å². The third kappa shape index (κ3) is 6.94. The van der Waals surface area contributed by atoms with Crippen molar-refractivity contribution in [3.05, 3.63) is 130 Å². The molecule has 0 aromatic heterocycles. The molecule has 0 fully saturated rings. The van der Waals surface area contributed by atoms with Crippen LogP contribution >= 0.6 is 67.8 Å². The molecular weight excluding hydrogens is 871 g/mol. The van der Waals surface area contributed by atoms with Crippen LogP contribution < -0.4 is 10.6 Å². The van der Waals surface area contributed by atoms with Crippen molar-refractivity contribution in [1.82, 2.24) is 10.6 Å². The molecule has 7 nitrogen and oxygen atoms in total. The molecule has 0 bridgehead atoms. The van der Waals surface area contributed by atoms with Crippen molar-refractivity contribution in [3.63, 3.8) is 0 Å². The highest BCUT2D eigenvalue weighted by Crippen LogP contribution is 2.40. The minimum atomic E-state index is -0.889. The van der Waals surface area contributed by atoms with Gasteiger partial charge in [0.15, 0.2) is 0 Å². The molecule has 2 N–H and O–H groups in total. The summed E-state index contributed by atoms with van der Waals surface area (Å²) in [5.41, 5.74) is 3.35. The number of hydrogen-bond donors (Lipinski definition) is 2. The fourth-order valence-corrected chi connectivity index (χ4v) is 8.99. The molecule has 0 heterocycles. The number of nitrogens with one attached hydrogen (secondary N) is 2. The van der Waals surface area contributed by atoms with E-state index in [2.05, 4.69) is 60.8 Å². The zero-order valence-electron chi connectivity index (χ0n) is 22.5. The van der Waals surface area contributed by atoms with E-state index in [9.17, 15) is 14.4 Å². The molecular formula is C32H26I3N3O4. The van der Waals surface area contributed by atoms with Crippen LogP contribution in [0.15, 0.2) is 96.0 Å². The summed E-state index contributed by atoms with van der Waals surface area (Å²) in [4.78, 5) is 40.8. The fourth-order valence-electron chi connectivity index (χ4n) is 4.71. The summed E-state index contributed by atoms with van der Waals surface area (Å²) in [5, 5.41) is 5.58. The second-order valence-corrected chi connectivity index (χ2v) is 12.3. The van der Waals surface area contributed by atoms with Gasteiger partial charge in [-0.15, -0.1) is 0 Å². The van der Waals surface area contributed by atoms with Crippen molar-refractivity contribution < 1.29 is 19.1 Å². The smallest absolute Gasteiger partial charge is 0.253 e. The Morgan fingerprint density at radius 1 is 0.810 bits per heavy atom. The van der Waals surface area contributed by atoms with Gasteiger partial charge in [0.2, 0.25) is 12.0 Å². The normalized spacial score (nSPS) is 11.0. The van der Waals surface area contributed by atoms with Crippen LogP contribution in [-0.2, 0) is 26.3 Å². The van der Waals surface area contributed by atoms with Crippen LogP contribution in [-0.4, -0.2) is 38.1 Å². The summed E-state index contributed by atoms with van der Waals surface area (Å²) in [6.07, 6.45) is 1.56. The van der Waals surface area contributed by atoms with E-state index in [0.29, 0.717) is 27.5 Å². The number of carbonyl (C=O) groups is 2. The van der Waals surface area contributed by atoms with Gasteiger partial charge in [0.05, 0.1) is 22.2 Å². The number of ether oxygens (including phenoxy) is 1. The number of benzene rings is 4. The van der Waals surface area contributed by atoms with Gasteiger partial charge in [-0.25, -0.2) is 4.79 Å². The van der Waals surface area contributed by atoms with Crippen LogP contribution in [0.3, 0.4) is 0 Å². The van der Waals surface area contributed by atoms with E-state index in [4.69, 9.17) is 4.74 Å². The van der Waals surface area contributed by atoms with E-state index >= 15 is 0 Å². The number of rotatable bonds is 11. The summed E-state index contributed by atoms with van der Waals surface area (Å²) >= 11 is 6.12. The van der Waals surface area contributed by atoms with E-state index < -0.39 is 5.60 Å². The third-order valence-electron chi connectivity index (χ3n) is 6.62. The summed E-state index contributed by atoms with van der Waals surface area (Å²) in [5.74, 6) is -0.569. The monoisotopic (exact) mass is 897 g/mol. The van der Waals surface area contributed by atoms with Crippen LogP contribution in [0.25, 0.3) is 0 Å². The summed E-state index contributed by atoms with van der Waals surface area (Å²) in [6, 6.07) is 30.1. The number of isocyanates is 1. The lowest BCUT2D eigenvalue weighted by Gasteiger charge is -2.36. The SMILES string of the molecule is CNC(=O)c1c(I)c(CC(=O)NCCOC(c2ccccc2)(c2ccccc2)c2ccccc2)c(I)c(N=C=O)c1I. The van der Waals surface area contributed by atoms with E-state index in [0.717, 1.165) is 16.7 Å². The molecule has 0 radical (unpaired) electrons. The zero-order chi connectivity index (χ0) is 30.1. The van der Waals surface area contributed by atoms with E-state index in [1.807, 2.05) is 114 Å². The van der Waals surface area contributed by atoms with Gasteiger partial charge in [-0.2, -0.15) is 4.99 Å². The van der Waals surface area contributed by atoms with Gasteiger partial charge >= 0.3 is 0 Å². The van der Waals surface area contributed by atoms with Gasteiger partial charge in [0.25, 0.3) is 5.91 Å². The van der Waals surface area contributed by atoms with Crippen molar-refractivity contribution in [2.75, 3.05) is 20.2 Å². The summed E-state index contributed by atoms with van der Waals surface area (Å²) in [6.45, 7) is 0.488. The van der Waals surface area contributed by atoms with Gasteiger partial charge in [-0.3, -0.25) is 9.59 Å². The van der Waals surface area contributed by atoms with E-state index in [1.54, 1.807) is 6.08 Å². The van der Waals surface area contributed by atoms with E-state index in [1.165, 1.54) is 7.05 Å². The first-order valence-electron chi connectivity index (χ1n) is 12.9. The zero-order valence-corrected chi connectivity index (χ0v) is 29.0. The number of aliphatic imine (C=N–C) groups is 1. The Balaban J connectivity index is 1.59. The molecule has 0 aliphatic heterocycles. The number of halogens is 3. The van der Waals surface area contributed by atoms with Crippen molar-refractivity contribution in [1.29, 1.82) is 0 Å². The predicted molar refractivity (Wildman–Crippen MR) is 188 cm³/mol. The maximum Gasteiger partial charge on any atom is 0.253 e. The molecule has 214 valence electrons. The first kappa shape index (κ1) is 32.3. The number of amides is 2. The van der Waals surface area contributed by atoms with Crippen LogP contribution in [0.4, 0.5) is 5.69 Å². The topological polar surface area (TPSA) is 96.9 Å². The molecule has 10 heteroatoms. The summed E-state index contributed by atoms with van der Waals surface area (Å²) < 4.78 is 8.52.